The SMILES string of the molecule is CCNCCCCNCCCCNCCCCCC/C=C\CCCCCCNCCCCNCCCCNCC. The summed E-state index contributed by atoms with van der Waals surface area (Å²) < 4.78 is 0. The van der Waals surface area contributed by atoms with Crippen molar-refractivity contribution < 1.29 is 0 Å². The minimum Gasteiger partial charge on any atom is -0.317 e. The third kappa shape index (κ3) is 37.5. The summed E-state index contributed by atoms with van der Waals surface area (Å²) in [5.41, 5.74) is 0. The second-order valence-corrected chi connectivity index (χ2v) is 11.4. The van der Waals surface area contributed by atoms with Gasteiger partial charge >= 0.3 is 0 Å². The van der Waals surface area contributed by atoms with Crippen LogP contribution in [0.15, 0.2) is 12.2 Å². The fourth-order valence-electron chi connectivity index (χ4n) is 4.82. The van der Waals surface area contributed by atoms with Crippen LogP contribution in [0.5, 0.6) is 0 Å². The highest BCUT2D eigenvalue weighted by atomic mass is 14.9. The monoisotopic (exact) mass is 567 g/mol. The van der Waals surface area contributed by atoms with Crippen molar-refractivity contribution >= 4 is 0 Å². The average Bonchev–Trinajstić information content (AvgIpc) is 2.97. The van der Waals surface area contributed by atoms with Gasteiger partial charge in [-0.15, -0.1) is 0 Å². The molecule has 6 heteroatoms. The van der Waals surface area contributed by atoms with Crippen LogP contribution < -0.4 is 31.9 Å². The molecule has 0 bridgehead atoms. The highest BCUT2D eigenvalue weighted by molar-refractivity contribution is 4.81. The Bertz CT molecular complexity index is 420. The van der Waals surface area contributed by atoms with Crippen LogP contribution in [0, 0.1) is 0 Å². The highest BCUT2D eigenvalue weighted by Crippen LogP contribution is 2.06. The van der Waals surface area contributed by atoms with E-state index in [0.717, 1.165) is 26.2 Å². The van der Waals surface area contributed by atoms with E-state index in [1.165, 1.54) is 168 Å². The van der Waals surface area contributed by atoms with Gasteiger partial charge in [-0.05, 0) is 168 Å². The molecule has 0 aliphatic rings. The molecule has 0 atom stereocenters. The Morgan fingerprint density at radius 2 is 0.500 bits per heavy atom. The quantitative estimate of drug-likeness (QED) is 0.0404. The number of nitrogens with one attached hydrogen (secondary N) is 6. The van der Waals surface area contributed by atoms with E-state index < -0.39 is 0 Å². The fraction of sp³-hybridized carbons (Fsp3) is 0.941. The Labute approximate surface area is 251 Å². The second-order valence-electron chi connectivity index (χ2n) is 11.4. The van der Waals surface area contributed by atoms with Crippen molar-refractivity contribution in [3.05, 3.63) is 12.2 Å². The van der Waals surface area contributed by atoms with Crippen molar-refractivity contribution in [2.24, 2.45) is 0 Å². The first-order valence-corrected chi connectivity index (χ1v) is 17.8. The third-order valence-electron chi connectivity index (χ3n) is 7.44. The van der Waals surface area contributed by atoms with Crippen LogP contribution in [-0.4, -0.2) is 78.5 Å². The molecule has 0 aromatic carbocycles. The van der Waals surface area contributed by atoms with Gasteiger partial charge in [0.1, 0.15) is 0 Å². The van der Waals surface area contributed by atoms with E-state index in [2.05, 4.69) is 57.9 Å². The molecular weight excluding hydrogens is 492 g/mol. The van der Waals surface area contributed by atoms with Crippen molar-refractivity contribution in [3.63, 3.8) is 0 Å². The summed E-state index contributed by atoms with van der Waals surface area (Å²) in [7, 11) is 0. The van der Waals surface area contributed by atoms with Crippen LogP contribution in [0.2, 0.25) is 0 Å². The molecular formula is C34H74N6. The topological polar surface area (TPSA) is 72.2 Å². The van der Waals surface area contributed by atoms with Crippen molar-refractivity contribution in [3.8, 4) is 0 Å². The van der Waals surface area contributed by atoms with Crippen LogP contribution in [0.25, 0.3) is 0 Å². The average molecular weight is 567 g/mol. The Morgan fingerprint density at radius 3 is 0.775 bits per heavy atom. The number of rotatable bonds is 36. The zero-order valence-corrected chi connectivity index (χ0v) is 27.4. The molecule has 0 rings (SSSR count). The zero-order chi connectivity index (χ0) is 28.9. The lowest BCUT2D eigenvalue weighted by atomic mass is 10.1. The Balaban J connectivity index is 3.08. The van der Waals surface area contributed by atoms with Gasteiger partial charge in [-0.2, -0.15) is 0 Å². The predicted molar refractivity (Wildman–Crippen MR) is 181 cm³/mol. The molecule has 0 aliphatic carbocycles. The molecule has 0 fully saturated rings. The third-order valence-corrected chi connectivity index (χ3v) is 7.44. The van der Waals surface area contributed by atoms with Gasteiger partial charge in [-0.25, -0.2) is 0 Å². The maximum atomic E-state index is 3.62. The predicted octanol–water partition coefficient (Wildman–Crippen LogP) is 6.14. The molecule has 0 aromatic heterocycles. The molecule has 0 radical (unpaired) electrons. The van der Waals surface area contributed by atoms with E-state index >= 15 is 0 Å². The van der Waals surface area contributed by atoms with Crippen LogP contribution in [-0.2, 0) is 0 Å². The van der Waals surface area contributed by atoms with Gasteiger partial charge in [0.25, 0.3) is 0 Å². The van der Waals surface area contributed by atoms with Gasteiger partial charge in [0.15, 0.2) is 0 Å². The standard InChI is InChI=1S/C34H74N6/c1-3-35-25-17-19-29-39-33-23-21-31-37-27-15-13-11-9-7-5-6-8-10-12-14-16-28-38-32-22-24-34-40-30-20-18-26-36-4-2/h5-6,35-40H,3-4,7-34H2,1-2H3/b6-5-. The molecule has 0 spiro atoms. The van der Waals surface area contributed by atoms with E-state index in [4.69, 9.17) is 0 Å². The number of hydrogen-bond acceptors (Lipinski definition) is 6. The van der Waals surface area contributed by atoms with Gasteiger partial charge in [0, 0.05) is 0 Å². The minimum atomic E-state index is 1.09. The van der Waals surface area contributed by atoms with Gasteiger partial charge in [0.05, 0.1) is 0 Å². The Hall–Kier alpha value is -0.500. The molecule has 0 aromatic rings. The molecule has 0 saturated heterocycles. The molecule has 6 N–H and O–H groups in total. The molecule has 0 unspecified atom stereocenters. The summed E-state index contributed by atoms with van der Waals surface area (Å²) in [5.74, 6) is 0. The van der Waals surface area contributed by atoms with Crippen LogP contribution in [0.4, 0.5) is 0 Å². The molecule has 0 saturated carbocycles. The van der Waals surface area contributed by atoms with Crippen molar-refractivity contribution in [2.75, 3.05) is 78.5 Å². The van der Waals surface area contributed by atoms with Gasteiger partial charge in [0.2, 0.25) is 0 Å². The number of hydrogen-bond donors (Lipinski definition) is 6. The highest BCUT2D eigenvalue weighted by Gasteiger charge is 1.94. The summed E-state index contributed by atoms with van der Waals surface area (Å²) in [5, 5.41) is 21.1. The molecule has 240 valence electrons. The van der Waals surface area contributed by atoms with Crippen LogP contribution >= 0.6 is 0 Å². The van der Waals surface area contributed by atoms with Crippen molar-refractivity contribution in [2.45, 2.75) is 129 Å². The van der Waals surface area contributed by atoms with Crippen LogP contribution in [0.1, 0.15) is 129 Å². The van der Waals surface area contributed by atoms with Crippen molar-refractivity contribution in [1.29, 1.82) is 0 Å². The maximum Gasteiger partial charge on any atom is -0.00484 e. The largest absolute Gasteiger partial charge is 0.317 e. The first-order chi connectivity index (χ1) is 19.9. The van der Waals surface area contributed by atoms with E-state index in [9.17, 15) is 0 Å². The number of allylic oxidation sites excluding steroid dienone is 2. The molecule has 0 aliphatic heterocycles. The smallest absolute Gasteiger partial charge is 0.00484 e. The van der Waals surface area contributed by atoms with E-state index in [0.29, 0.717) is 0 Å². The first-order valence-electron chi connectivity index (χ1n) is 17.8. The molecule has 6 nitrogen and oxygen atoms in total. The summed E-state index contributed by atoms with van der Waals surface area (Å²) in [6.45, 7) is 18.3. The molecule has 0 heterocycles. The first kappa shape index (κ1) is 39.5. The fourth-order valence-corrected chi connectivity index (χ4v) is 4.82. The van der Waals surface area contributed by atoms with E-state index in [1.54, 1.807) is 0 Å². The van der Waals surface area contributed by atoms with Gasteiger partial charge in [-0.1, -0.05) is 51.7 Å². The summed E-state index contributed by atoms with van der Waals surface area (Å²) in [4.78, 5) is 0. The normalized spacial score (nSPS) is 11.8. The lowest BCUT2D eigenvalue weighted by molar-refractivity contribution is 0.543. The minimum absolute atomic E-state index is 1.09. The van der Waals surface area contributed by atoms with Crippen LogP contribution in [0.3, 0.4) is 0 Å². The molecule has 40 heavy (non-hydrogen) atoms. The summed E-state index contributed by atoms with van der Waals surface area (Å²) in [6.07, 6.45) is 28.6. The molecule has 0 amide bonds. The van der Waals surface area contributed by atoms with Gasteiger partial charge < -0.3 is 31.9 Å². The Kier molecular flexibility index (Phi) is 38.0. The lowest BCUT2D eigenvalue weighted by Crippen LogP contribution is -2.21. The maximum absolute atomic E-state index is 3.62. The van der Waals surface area contributed by atoms with E-state index in [-0.39, 0.29) is 0 Å². The van der Waals surface area contributed by atoms with Crippen molar-refractivity contribution in [1.82, 2.24) is 31.9 Å². The summed E-state index contributed by atoms with van der Waals surface area (Å²) >= 11 is 0. The second kappa shape index (κ2) is 38.5. The van der Waals surface area contributed by atoms with E-state index in [1.807, 2.05) is 0 Å². The summed E-state index contributed by atoms with van der Waals surface area (Å²) in [6, 6.07) is 0. The Morgan fingerprint density at radius 1 is 0.275 bits per heavy atom. The lowest BCUT2D eigenvalue weighted by Gasteiger charge is -2.06. The van der Waals surface area contributed by atoms with Gasteiger partial charge in [-0.3, -0.25) is 0 Å². The number of unbranched alkanes of at least 4 members (excludes halogenated alkanes) is 12. The zero-order valence-electron chi connectivity index (χ0n) is 27.4.